The number of nitrogens with one attached hydrogen (secondary N) is 2. The van der Waals surface area contributed by atoms with Crippen LogP contribution in [0.2, 0.25) is 0 Å². The van der Waals surface area contributed by atoms with Crippen LogP contribution < -0.4 is 14.9 Å². The minimum absolute atomic E-state index is 0.0196. The maximum absolute atomic E-state index is 12.6. The van der Waals surface area contributed by atoms with Gasteiger partial charge < -0.3 is 19.9 Å². The summed E-state index contributed by atoms with van der Waals surface area (Å²) in [6.07, 6.45) is 5.42. The Kier molecular flexibility index (Phi) is 7.02. The average molecular weight is 525 g/mol. The van der Waals surface area contributed by atoms with E-state index < -0.39 is 16.0 Å². The molecule has 1 aromatic carbocycles. The number of hydrogen-bond donors (Lipinski definition) is 2. The van der Waals surface area contributed by atoms with Gasteiger partial charge in [0.1, 0.15) is 17.0 Å². The fraction of sp³-hybridized carbons (Fsp3) is 0.217. The highest BCUT2D eigenvalue weighted by Crippen LogP contribution is 2.25. The van der Waals surface area contributed by atoms with E-state index in [2.05, 4.69) is 30.6 Å². The molecule has 3 aromatic heterocycles. The third-order valence-corrected chi connectivity index (χ3v) is 6.68. The molecule has 0 radical (unpaired) electrons. The van der Waals surface area contributed by atoms with Crippen LogP contribution in [0.5, 0.6) is 0 Å². The maximum atomic E-state index is 12.6. The minimum atomic E-state index is -3.61. The molecule has 37 heavy (non-hydrogen) atoms. The van der Waals surface area contributed by atoms with Crippen LogP contribution in [0, 0.1) is 0 Å². The second kappa shape index (κ2) is 10.2. The van der Waals surface area contributed by atoms with Crippen LogP contribution in [0.15, 0.2) is 48.9 Å². The van der Waals surface area contributed by atoms with E-state index in [-0.39, 0.29) is 29.9 Å². The molecule has 4 rings (SSSR count). The molecule has 0 aliphatic rings. The zero-order valence-corrected chi connectivity index (χ0v) is 21.3. The number of ether oxygens (including phenoxy) is 1. The molecule has 0 saturated heterocycles. The molecule has 0 bridgehead atoms. The molecule has 192 valence electrons. The van der Waals surface area contributed by atoms with Crippen molar-refractivity contribution >= 4 is 50.4 Å². The Hall–Kier alpha value is -4.59. The number of rotatable bonds is 8. The van der Waals surface area contributed by atoms with E-state index in [9.17, 15) is 18.0 Å². The summed E-state index contributed by atoms with van der Waals surface area (Å²) >= 11 is 0. The SMILES string of the molecule is CNC(=O)c1ccc(Nc2ncc3cc(C(=O)OC)n(Cc4nccnc4N(C)S(C)(=O)=O)c3n2)cc1. The third-order valence-electron chi connectivity index (χ3n) is 5.52. The molecule has 0 unspecified atom stereocenters. The van der Waals surface area contributed by atoms with E-state index in [0.29, 0.717) is 28.0 Å². The Balaban J connectivity index is 1.75. The molecular formula is C23H24N8O5S. The van der Waals surface area contributed by atoms with Gasteiger partial charge in [-0.25, -0.2) is 23.2 Å². The largest absolute Gasteiger partial charge is 0.464 e. The van der Waals surface area contributed by atoms with Gasteiger partial charge in [0.15, 0.2) is 5.82 Å². The number of fused-ring (bicyclic) bond motifs is 1. The molecule has 13 nitrogen and oxygen atoms in total. The Bertz CT molecular complexity index is 1580. The van der Waals surface area contributed by atoms with Crippen molar-refractivity contribution in [3.05, 3.63) is 65.9 Å². The van der Waals surface area contributed by atoms with Crippen molar-refractivity contribution in [2.24, 2.45) is 0 Å². The number of nitrogens with zero attached hydrogens (tertiary/aromatic N) is 6. The number of aromatic nitrogens is 5. The molecule has 0 fully saturated rings. The molecule has 14 heteroatoms. The first-order chi connectivity index (χ1) is 17.6. The smallest absolute Gasteiger partial charge is 0.354 e. The van der Waals surface area contributed by atoms with Crippen LogP contribution in [0.1, 0.15) is 26.5 Å². The third kappa shape index (κ3) is 5.33. The van der Waals surface area contributed by atoms with Crippen molar-refractivity contribution in [1.82, 2.24) is 29.8 Å². The molecule has 1 amide bonds. The van der Waals surface area contributed by atoms with E-state index in [1.165, 1.54) is 26.6 Å². The molecule has 3 heterocycles. The van der Waals surface area contributed by atoms with Crippen molar-refractivity contribution in [3.63, 3.8) is 0 Å². The van der Waals surface area contributed by atoms with Crippen molar-refractivity contribution < 1.29 is 22.7 Å². The Labute approximate surface area is 212 Å². The van der Waals surface area contributed by atoms with Crippen LogP contribution in [0.3, 0.4) is 0 Å². The van der Waals surface area contributed by atoms with Gasteiger partial charge in [-0.05, 0) is 30.3 Å². The van der Waals surface area contributed by atoms with Crippen molar-refractivity contribution in [2.45, 2.75) is 6.54 Å². The molecule has 2 N–H and O–H groups in total. The molecule has 4 aromatic rings. The molecular weight excluding hydrogens is 500 g/mol. The van der Waals surface area contributed by atoms with Gasteiger partial charge in [0, 0.05) is 49.3 Å². The Morgan fingerprint density at radius 2 is 1.81 bits per heavy atom. The summed E-state index contributed by atoms with van der Waals surface area (Å²) in [6.45, 7) is -0.0196. The van der Waals surface area contributed by atoms with E-state index in [1.54, 1.807) is 48.1 Å². The van der Waals surface area contributed by atoms with Gasteiger partial charge in [0.2, 0.25) is 16.0 Å². The predicted octanol–water partition coefficient (Wildman–Crippen LogP) is 1.56. The highest BCUT2D eigenvalue weighted by Gasteiger charge is 2.23. The number of esters is 1. The number of carbonyl (C=O) groups is 2. The van der Waals surface area contributed by atoms with E-state index >= 15 is 0 Å². The lowest BCUT2D eigenvalue weighted by Crippen LogP contribution is -2.28. The quantitative estimate of drug-likeness (QED) is 0.324. The predicted molar refractivity (Wildman–Crippen MR) is 136 cm³/mol. The normalized spacial score (nSPS) is 11.2. The number of hydrogen-bond acceptors (Lipinski definition) is 10. The number of amides is 1. The van der Waals surface area contributed by atoms with Gasteiger partial charge in [-0.2, -0.15) is 4.98 Å². The monoisotopic (exact) mass is 524 g/mol. The van der Waals surface area contributed by atoms with Gasteiger partial charge in [-0.15, -0.1) is 0 Å². The summed E-state index contributed by atoms with van der Waals surface area (Å²) in [6, 6.07) is 8.32. The average Bonchev–Trinajstić information content (AvgIpc) is 3.25. The van der Waals surface area contributed by atoms with Gasteiger partial charge in [0.05, 0.1) is 19.9 Å². The number of anilines is 3. The Morgan fingerprint density at radius 3 is 2.46 bits per heavy atom. The van der Waals surface area contributed by atoms with E-state index in [0.717, 1.165) is 10.6 Å². The van der Waals surface area contributed by atoms with Crippen molar-refractivity contribution in [1.29, 1.82) is 0 Å². The lowest BCUT2D eigenvalue weighted by molar-refractivity contribution is 0.0589. The van der Waals surface area contributed by atoms with Gasteiger partial charge in [-0.1, -0.05) is 0 Å². The van der Waals surface area contributed by atoms with Gasteiger partial charge >= 0.3 is 5.97 Å². The first-order valence-electron chi connectivity index (χ1n) is 10.9. The van der Waals surface area contributed by atoms with Crippen molar-refractivity contribution in [3.8, 4) is 0 Å². The number of sulfonamides is 1. The van der Waals surface area contributed by atoms with Crippen LogP contribution >= 0.6 is 0 Å². The van der Waals surface area contributed by atoms with E-state index in [1.807, 2.05) is 0 Å². The first kappa shape index (κ1) is 25.5. The molecule has 0 saturated carbocycles. The lowest BCUT2D eigenvalue weighted by atomic mass is 10.2. The zero-order chi connectivity index (χ0) is 26.7. The summed E-state index contributed by atoms with van der Waals surface area (Å²) in [5.41, 5.74) is 2.01. The number of methoxy groups -OCH3 is 1. The standard InChI is InChI=1S/C23H24N8O5S/c1-24-21(32)14-5-7-16(8-6-14)28-23-27-12-15-11-18(22(33)36-3)31(19(15)29-23)13-17-20(26-10-9-25-17)30(2)37(4,34)35/h5-12H,13H2,1-4H3,(H,24,32)(H,27,28,29). The molecule has 0 atom stereocenters. The lowest BCUT2D eigenvalue weighted by Gasteiger charge is -2.19. The minimum Gasteiger partial charge on any atom is -0.464 e. The number of benzene rings is 1. The van der Waals surface area contributed by atoms with Crippen LogP contribution in [-0.2, 0) is 21.3 Å². The molecule has 0 aliphatic carbocycles. The summed E-state index contributed by atoms with van der Waals surface area (Å²) in [4.78, 5) is 41.7. The highest BCUT2D eigenvalue weighted by atomic mass is 32.2. The second-order valence-electron chi connectivity index (χ2n) is 7.92. The highest BCUT2D eigenvalue weighted by molar-refractivity contribution is 7.92. The molecule has 0 aliphatic heterocycles. The van der Waals surface area contributed by atoms with Crippen molar-refractivity contribution in [2.75, 3.05) is 37.1 Å². The topological polar surface area (TPSA) is 161 Å². The summed E-state index contributed by atoms with van der Waals surface area (Å²) < 4.78 is 31.8. The summed E-state index contributed by atoms with van der Waals surface area (Å²) in [5.74, 6) is -0.462. The van der Waals surface area contributed by atoms with Crippen LogP contribution in [0.25, 0.3) is 11.0 Å². The van der Waals surface area contributed by atoms with Crippen LogP contribution in [0.4, 0.5) is 17.5 Å². The fourth-order valence-corrected chi connectivity index (χ4v) is 4.02. The van der Waals surface area contributed by atoms with E-state index in [4.69, 9.17) is 4.74 Å². The second-order valence-corrected chi connectivity index (χ2v) is 9.93. The summed E-state index contributed by atoms with van der Waals surface area (Å²) in [5, 5.41) is 6.19. The molecule has 0 spiro atoms. The zero-order valence-electron chi connectivity index (χ0n) is 20.5. The van der Waals surface area contributed by atoms with Gasteiger partial charge in [0.25, 0.3) is 5.91 Å². The Morgan fingerprint density at radius 1 is 1.11 bits per heavy atom. The fourth-order valence-electron chi connectivity index (χ4n) is 3.55. The first-order valence-corrected chi connectivity index (χ1v) is 12.7. The maximum Gasteiger partial charge on any atom is 0.354 e. The van der Waals surface area contributed by atoms with Crippen LogP contribution in [-0.4, -0.2) is 72.3 Å². The summed E-state index contributed by atoms with van der Waals surface area (Å²) in [7, 11) is 0.574. The number of carbonyl (C=O) groups excluding carboxylic acids is 2. The van der Waals surface area contributed by atoms with Gasteiger partial charge in [-0.3, -0.25) is 14.1 Å².